The number of aryl methyl sites for hydroxylation is 2. The summed E-state index contributed by atoms with van der Waals surface area (Å²) in [5, 5.41) is 8.98. The van der Waals surface area contributed by atoms with Crippen LogP contribution in [0, 0.1) is 13.8 Å². The van der Waals surface area contributed by atoms with Gasteiger partial charge in [0.05, 0.1) is 13.1 Å². The van der Waals surface area contributed by atoms with Gasteiger partial charge in [-0.25, -0.2) is 8.78 Å². The number of allylic oxidation sites excluding steroid dienone is 2. The number of thiophene rings is 2. The van der Waals surface area contributed by atoms with Crippen molar-refractivity contribution in [2.45, 2.75) is 54.6 Å². The van der Waals surface area contributed by atoms with Gasteiger partial charge in [0.25, 0.3) is 0 Å². The second kappa shape index (κ2) is 13.9. The fraction of sp³-hybridized carbons (Fsp3) is 0.189. The Hall–Kier alpha value is -4.98. The van der Waals surface area contributed by atoms with Crippen LogP contribution in [0.5, 0.6) is 0 Å². The molecule has 8 aromatic rings. The Morgan fingerprint density at radius 1 is 0.691 bits per heavy atom. The second-order valence-corrected chi connectivity index (χ2v) is 18.4. The molecule has 12 nitrogen and oxygen atoms in total. The quantitative estimate of drug-likeness (QED) is 0.0893. The van der Waals surface area contributed by atoms with E-state index in [1.807, 2.05) is 62.4 Å². The molecule has 0 aliphatic heterocycles. The number of fused-ring (bicyclic) bond motifs is 6. The van der Waals surface area contributed by atoms with E-state index < -0.39 is 31.9 Å². The van der Waals surface area contributed by atoms with Gasteiger partial charge in [-0.1, -0.05) is 59.7 Å². The molecule has 6 aromatic heterocycles. The molecule has 6 heterocycles. The molecule has 55 heavy (non-hydrogen) atoms. The van der Waals surface area contributed by atoms with Crippen molar-refractivity contribution in [1.29, 1.82) is 0 Å². The van der Waals surface area contributed by atoms with Crippen LogP contribution in [0.3, 0.4) is 0 Å². The summed E-state index contributed by atoms with van der Waals surface area (Å²) in [6.45, 7) is 4.39. The van der Waals surface area contributed by atoms with Crippen LogP contribution in [-0.4, -0.2) is 45.5 Å². The van der Waals surface area contributed by atoms with Gasteiger partial charge in [-0.05, 0) is 56.4 Å². The molecule has 0 aliphatic rings. The second-order valence-electron chi connectivity index (χ2n) is 13.0. The fourth-order valence-corrected chi connectivity index (χ4v) is 9.81. The number of furan rings is 2. The van der Waals surface area contributed by atoms with E-state index in [2.05, 4.69) is 10.2 Å². The molecule has 0 bridgehead atoms. The van der Waals surface area contributed by atoms with Crippen LogP contribution in [0.2, 0.25) is 0 Å². The summed E-state index contributed by atoms with van der Waals surface area (Å²) < 4.78 is 113. The molecule has 0 radical (unpaired) electrons. The summed E-state index contributed by atoms with van der Waals surface area (Å²) in [6, 6.07) is 17.7. The van der Waals surface area contributed by atoms with Gasteiger partial charge >= 0.3 is 20.2 Å². The van der Waals surface area contributed by atoms with E-state index in [0.29, 0.717) is 26.9 Å². The first-order valence-electron chi connectivity index (χ1n) is 16.8. The Balaban J connectivity index is 1.05. The molecule has 284 valence electrons. The summed E-state index contributed by atoms with van der Waals surface area (Å²) in [5.74, 6) is -1.35. The molecule has 0 aliphatic carbocycles. The summed E-state index contributed by atoms with van der Waals surface area (Å²) in [7, 11) is -8.98. The average Bonchev–Trinajstić information content (AvgIpc) is 3.95. The third kappa shape index (κ3) is 7.16. The van der Waals surface area contributed by atoms with E-state index >= 15 is 8.78 Å². The van der Waals surface area contributed by atoms with E-state index in [1.54, 1.807) is 0 Å². The Labute approximate surface area is 320 Å². The van der Waals surface area contributed by atoms with Gasteiger partial charge in [0.2, 0.25) is 0 Å². The molecular formula is C37H30F2N4O8S4. The highest BCUT2D eigenvalue weighted by Crippen LogP contribution is 2.42. The van der Waals surface area contributed by atoms with Crippen LogP contribution in [0.25, 0.3) is 54.4 Å². The van der Waals surface area contributed by atoms with Crippen LogP contribution in [0.15, 0.2) is 90.1 Å². The lowest BCUT2D eigenvalue weighted by atomic mass is 10.1. The van der Waals surface area contributed by atoms with E-state index in [-0.39, 0.29) is 68.1 Å². The normalized spacial score (nSPS) is 13.4. The highest BCUT2D eigenvalue weighted by Gasteiger charge is 2.27. The van der Waals surface area contributed by atoms with E-state index in [1.165, 1.54) is 33.6 Å². The number of unbranched alkanes of at least 4 members (excludes halogenated alkanes) is 2. The zero-order valence-electron chi connectivity index (χ0n) is 29.0. The third-order valence-electron chi connectivity index (χ3n) is 8.95. The lowest BCUT2D eigenvalue weighted by Gasteiger charge is -2.03. The molecule has 8 rings (SSSR count). The fourth-order valence-electron chi connectivity index (χ4n) is 6.23. The molecule has 0 spiro atoms. The van der Waals surface area contributed by atoms with Crippen molar-refractivity contribution < 1.29 is 43.6 Å². The van der Waals surface area contributed by atoms with Gasteiger partial charge in [0.15, 0.2) is 42.6 Å². The first-order chi connectivity index (χ1) is 26.1. The first kappa shape index (κ1) is 37.0. The molecule has 0 saturated heterocycles. The van der Waals surface area contributed by atoms with Gasteiger partial charge < -0.3 is 8.83 Å². The molecule has 0 atom stereocenters. The standard InChI is InChI=1S/C37H30F2N4O8S4/c1-20-8-12-22(13-9-20)18-42-32-34(50-26-16-28(52-36(26)32)54(44,45)46)30(40-42)24(38)6-4-3-5-7-25(39)31-35-33(37-27(51-35)17-29(53-37)55(47,48)49)43(41-31)19-23-14-10-21(2)11-15-23/h6-17H,3-5,18-19H2,1-2H3,(H,44,45,46)(H,47,48,49)/b24-6-,25-7-. The van der Waals surface area contributed by atoms with Crippen molar-refractivity contribution in [3.63, 3.8) is 0 Å². The minimum absolute atomic E-state index is 0.0721. The number of halogens is 2. The van der Waals surface area contributed by atoms with E-state index in [9.17, 15) is 25.9 Å². The Morgan fingerprint density at radius 3 is 1.44 bits per heavy atom. The number of hydrogen-bond acceptors (Lipinski definition) is 10. The molecule has 2 N–H and O–H groups in total. The number of nitrogens with zero attached hydrogens (tertiary/aromatic N) is 4. The van der Waals surface area contributed by atoms with Crippen molar-refractivity contribution >= 4 is 97.3 Å². The van der Waals surface area contributed by atoms with Crippen LogP contribution in [-0.2, 0) is 33.3 Å². The maximum Gasteiger partial charge on any atom is 0.304 e. The first-order valence-corrected chi connectivity index (χ1v) is 21.3. The van der Waals surface area contributed by atoms with Gasteiger partial charge in [-0.2, -0.15) is 27.0 Å². The number of aromatic nitrogens is 4. The minimum atomic E-state index is -4.49. The van der Waals surface area contributed by atoms with Crippen molar-refractivity contribution in [3.05, 3.63) is 106 Å². The molecule has 0 saturated carbocycles. The SMILES string of the molecule is Cc1ccc(Cn2nc(/C(F)=C/CCC/C=C(\F)c3nn(Cc4ccc(C)cc4)c4c3oc3cc(S(=O)(=O)O)sc34)c3oc4cc(S(=O)(=O)O)sc4c32)cc1. The Bertz CT molecular complexity index is 2850. The van der Waals surface area contributed by atoms with Crippen molar-refractivity contribution in [2.75, 3.05) is 0 Å². The maximum absolute atomic E-state index is 15.8. The van der Waals surface area contributed by atoms with E-state index in [4.69, 9.17) is 8.83 Å². The molecule has 0 fully saturated rings. The highest BCUT2D eigenvalue weighted by atomic mass is 32.3. The van der Waals surface area contributed by atoms with Crippen molar-refractivity contribution in [2.24, 2.45) is 0 Å². The Morgan fingerprint density at radius 2 is 1.07 bits per heavy atom. The minimum Gasteiger partial charge on any atom is -0.451 e. The molecule has 0 unspecified atom stereocenters. The van der Waals surface area contributed by atoms with Gasteiger partial charge in [0, 0.05) is 12.1 Å². The third-order valence-corrected chi connectivity index (χ3v) is 13.8. The Kier molecular flexibility index (Phi) is 9.38. The number of rotatable bonds is 12. The van der Waals surface area contributed by atoms with Crippen LogP contribution in [0.4, 0.5) is 8.78 Å². The summed E-state index contributed by atoms with van der Waals surface area (Å²) >= 11 is 1.60. The average molecular weight is 825 g/mol. The topological polar surface area (TPSA) is 171 Å². The van der Waals surface area contributed by atoms with Crippen molar-refractivity contribution in [1.82, 2.24) is 19.6 Å². The van der Waals surface area contributed by atoms with Gasteiger partial charge in [-0.3, -0.25) is 18.5 Å². The zero-order chi connectivity index (χ0) is 38.8. The smallest absolute Gasteiger partial charge is 0.304 e. The summed E-state index contributed by atoms with van der Waals surface area (Å²) in [4.78, 5) is 0. The maximum atomic E-state index is 15.8. The van der Waals surface area contributed by atoms with Crippen LogP contribution in [0.1, 0.15) is 52.9 Å². The molecular weight excluding hydrogens is 795 g/mol. The summed E-state index contributed by atoms with van der Waals surface area (Å²) in [5.41, 5.74) is 5.08. The lowest BCUT2D eigenvalue weighted by molar-refractivity contribution is 0.483. The predicted molar refractivity (Wildman–Crippen MR) is 207 cm³/mol. The van der Waals surface area contributed by atoms with Crippen molar-refractivity contribution in [3.8, 4) is 0 Å². The lowest BCUT2D eigenvalue weighted by Crippen LogP contribution is -2.02. The van der Waals surface area contributed by atoms with Crippen LogP contribution >= 0.6 is 22.7 Å². The van der Waals surface area contributed by atoms with Crippen LogP contribution < -0.4 is 0 Å². The van der Waals surface area contributed by atoms with Gasteiger partial charge in [0.1, 0.15) is 31.6 Å². The number of hydrogen-bond donors (Lipinski definition) is 2. The zero-order valence-corrected chi connectivity index (χ0v) is 32.3. The predicted octanol–water partition coefficient (Wildman–Crippen LogP) is 9.70. The van der Waals surface area contributed by atoms with Gasteiger partial charge in [-0.15, -0.1) is 22.7 Å². The monoisotopic (exact) mass is 824 g/mol. The molecule has 2 aromatic carbocycles. The molecule has 0 amide bonds. The molecule has 18 heteroatoms. The highest BCUT2D eigenvalue weighted by molar-refractivity contribution is 7.88. The summed E-state index contributed by atoms with van der Waals surface area (Å²) in [6.07, 6.45) is 3.40. The largest absolute Gasteiger partial charge is 0.451 e. The van der Waals surface area contributed by atoms with E-state index in [0.717, 1.165) is 44.9 Å². The number of benzene rings is 2.